The lowest BCUT2D eigenvalue weighted by Gasteiger charge is -2.09. The van der Waals surface area contributed by atoms with Crippen molar-refractivity contribution < 1.29 is 18.3 Å². The van der Waals surface area contributed by atoms with E-state index < -0.39 is 5.63 Å². The Bertz CT molecular complexity index is 1250. The van der Waals surface area contributed by atoms with Crippen molar-refractivity contribution in [2.75, 3.05) is 5.32 Å². The number of rotatable bonds is 4. The van der Waals surface area contributed by atoms with E-state index in [2.05, 4.69) is 5.32 Å². The Morgan fingerprint density at radius 1 is 1.00 bits per heavy atom. The highest BCUT2D eigenvalue weighted by Crippen LogP contribution is 2.28. The molecule has 0 unspecified atom stereocenters. The largest absolute Gasteiger partial charge is 0.489 e. The first-order valence-corrected chi connectivity index (χ1v) is 8.65. The van der Waals surface area contributed by atoms with Crippen LogP contribution in [0, 0.1) is 5.82 Å². The number of amides is 1. The highest BCUT2D eigenvalue weighted by Gasteiger charge is 2.10. The quantitative estimate of drug-likeness (QED) is 0.416. The van der Waals surface area contributed by atoms with E-state index in [1.54, 1.807) is 42.5 Å². The van der Waals surface area contributed by atoms with Gasteiger partial charge in [-0.1, -0.05) is 18.2 Å². The fraction of sp³-hybridized carbons (Fsp3) is 0.0909. The SMILES string of the molecule is CC(=O)Nc1ccc2c(c1)c(=O)oc1cc(OCc3ccc(F)cc3)ccc12. The number of fused-ring (bicyclic) bond motifs is 3. The summed E-state index contributed by atoms with van der Waals surface area (Å²) in [7, 11) is 0. The van der Waals surface area contributed by atoms with Gasteiger partial charge >= 0.3 is 5.63 Å². The maximum absolute atomic E-state index is 13.0. The maximum atomic E-state index is 13.0. The van der Waals surface area contributed by atoms with Crippen molar-refractivity contribution in [3.8, 4) is 5.75 Å². The molecule has 4 rings (SSSR count). The van der Waals surface area contributed by atoms with Gasteiger partial charge in [0.05, 0.1) is 5.39 Å². The normalized spacial score (nSPS) is 10.9. The van der Waals surface area contributed by atoms with Gasteiger partial charge in [-0.15, -0.1) is 0 Å². The van der Waals surface area contributed by atoms with Gasteiger partial charge in [0.1, 0.15) is 23.8 Å². The molecule has 1 aromatic heterocycles. The van der Waals surface area contributed by atoms with Crippen LogP contribution in [0.1, 0.15) is 12.5 Å². The molecule has 4 aromatic rings. The summed E-state index contributed by atoms with van der Waals surface area (Å²) in [6.45, 7) is 1.67. The van der Waals surface area contributed by atoms with Crippen LogP contribution >= 0.6 is 0 Å². The van der Waals surface area contributed by atoms with Crippen molar-refractivity contribution >= 4 is 33.3 Å². The predicted molar refractivity (Wildman–Crippen MR) is 105 cm³/mol. The third-order valence-corrected chi connectivity index (χ3v) is 4.32. The number of ether oxygens (including phenoxy) is 1. The number of hydrogen-bond donors (Lipinski definition) is 1. The van der Waals surface area contributed by atoms with E-state index in [0.717, 1.165) is 16.3 Å². The number of halogens is 1. The summed E-state index contributed by atoms with van der Waals surface area (Å²) in [4.78, 5) is 23.6. The lowest BCUT2D eigenvalue weighted by molar-refractivity contribution is -0.114. The van der Waals surface area contributed by atoms with E-state index in [0.29, 0.717) is 22.4 Å². The van der Waals surface area contributed by atoms with Crippen LogP contribution in [-0.4, -0.2) is 5.91 Å². The third kappa shape index (κ3) is 3.57. The molecule has 1 amide bonds. The topological polar surface area (TPSA) is 68.5 Å². The molecule has 0 saturated heterocycles. The number of anilines is 1. The molecule has 0 aliphatic heterocycles. The molecule has 0 radical (unpaired) electrons. The molecule has 3 aromatic carbocycles. The van der Waals surface area contributed by atoms with Crippen molar-refractivity contribution in [1.29, 1.82) is 0 Å². The first kappa shape index (κ1) is 17.7. The fourth-order valence-electron chi connectivity index (χ4n) is 3.03. The standard InChI is InChI=1S/C22H16FNO4/c1-13(25)24-16-6-8-18-19-9-7-17(11-21(19)28-22(26)20(18)10-16)27-12-14-2-4-15(23)5-3-14/h2-11H,12H2,1H3,(H,24,25). The Labute approximate surface area is 159 Å². The first-order valence-electron chi connectivity index (χ1n) is 8.65. The molecule has 1 N–H and O–H groups in total. The highest BCUT2D eigenvalue weighted by molar-refractivity contribution is 6.06. The van der Waals surface area contributed by atoms with Gasteiger partial charge in [0.2, 0.25) is 5.91 Å². The van der Waals surface area contributed by atoms with Crippen LogP contribution in [0.25, 0.3) is 21.7 Å². The Balaban J connectivity index is 1.67. The second-order valence-electron chi connectivity index (χ2n) is 6.40. The monoisotopic (exact) mass is 377 g/mol. The summed E-state index contributed by atoms with van der Waals surface area (Å²) in [5.41, 5.74) is 1.27. The number of carbonyl (C=O) groups is 1. The summed E-state index contributed by atoms with van der Waals surface area (Å²) >= 11 is 0. The minimum Gasteiger partial charge on any atom is -0.489 e. The van der Waals surface area contributed by atoms with E-state index in [9.17, 15) is 14.0 Å². The van der Waals surface area contributed by atoms with Crippen molar-refractivity contribution in [1.82, 2.24) is 0 Å². The number of carbonyl (C=O) groups excluding carboxylic acids is 1. The molecule has 0 fully saturated rings. The molecular weight excluding hydrogens is 361 g/mol. The molecule has 0 aliphatic rings. The second kappa shape index (κ2) is 7.15. The molecule has 0 aliphatic carbocycles. The van der Waals surface area contributed by atoms with Crippen LogP contribution < -0.4 is 15.7 Å². The summed E-state index contributed by atoms with van der Waals surface area (Å²) < 4.78 is 24.1. The number of benzene rings is 3. The molecule has 28 heavy (non-hydrogen) atoms. The number of hydrogen-bond acceptors (Lipinski definition) is 4. The smallest absolute Gasteiger partial charge is 0.344 e. The molecule has 5 nitrogen and oxygen atoms in total. The highest BCUT2D eigenvalue weighted by atomic mass is 19.1. The van der Waals surface area contributed by atoms with Crippen LogP contribution in [0.15, 0.2) is 69.9 Å². The minimum atomic E-state index is -0.495. The summed E-state index contributed by atoms with van der Waals surface area (Å²) in [5, 5.41) is 4.53. The van der Waals surface area contributed by atoms with Crippen molar-refractivity contribution in [3.05, 3.63) is 82.5 Å². The van der Waals surface area contributed by atoms with Crippen LogP contribution in [0.4, 0.5) is 10.1 Å². The first-order chi connectivity index (χ1) is 13.5. The molecular formula is C22H16FNO4. The van der Waals surface area contributed by atoms with Crippen molar-refractivity contribution in [2.24, 2.45) is 0 Å². The van der Waals surface area contributed by atoms with Gasteiger partial charge in [-0.2, -0.15) is 0 Å². The van der Waals surface area contributed by atoms with Gasteiger partial charge < -0.3 is 14.5 Å². The Morgan fingerprint density at radius 3 is 2.50 bits per heavy atom. The van der Waals surface area contributed by atoms with Gasteiger partial charge in [0.15, 0.2) is 0 Å². The molecule has 0 spiro atoms. The molecule has 0 saturated carbocycles. The van der Waals surface area contributed by atoms with Crippen LogP contribution in [0.3, 0.4) is 0 Å². The van der Waals surface area contributed by atoms with Crippen LogP contribution in [0.2, 0.25) is 0 Å². The maximum Gasteiger partial charge on any atom is 0.344 e. The van der Waals surface area contributed by atoms with Gasteiger partial charge in [-0.3, -0.25) is 4.79 Å². The number of nitrogens with one attached hydrogen (secondary N) is 1. The van der Waals surface area contributed by atoms with Crippen molar-refractivity contribution in [3.63, 3.8) is 0 Å². The van der Waals surface area contributed by atoms with E-state index in [4.69, 9.17) is 9.15 Å². The van der Waals surface area contributed by atoms with Crippen LogP contribution in [0.5, 0.6) is 5.75 Å². The second-order valence-corrected chi connectivity index (χ2v) is 6.40. The van der Waals surface area contributed by atoms with E-state index >= 15 is 0 Å². The molecule has 1 heterocycles. The average molecular weight is 377 g/mol. The lowest BCUT2D eigenvalue weighted by atomic mass is 10.1. The van der Waals surface area contributed by atoms with Crippen LogP contribution in [-0.2, 0) is 11.4 Å². The predicted octanol–water partition coefficient (Wildman–Crippen LogP) is 4.62. The zero-order valence-electron chi connectivity index (χ0n) is 15.0. The Morgan fingerprint density at radius 2 is 1.75 bits per heavy atom. The summed E-state index contributed by atoms with van der Waals surface area (Å²) in [5.74, 6) is 0.0198. The fourth-order valence-corrected chi connectivity index (χ4v) is 3.03. The summed E-state index contributed by atoms with van der Waals surface area (Å²) in [6.07, 6.45) is 0. The van der Waals surface area contributed by atoms with Gasteiger partial charge in [-0.25, -0.2) is 9.18 Å². The summed E-state index contributed by atoms with van der Waals surface area (Å²) in [6, 6.07) is 16.4. The zero-order valence-corrected chi connectivity index (χ0v) is 15.0. The van der Waals surface area contributed by atoms with E-state index in [1.807, 2.05) is 6.07 Å². The molecule has 0 bridgehead atoms. The molecule has 6 heteroatoms. The van der Waals surface area contributed by atoms with Gasteiger partial charge in [0.25, 0.3) is 0 Å². The van der Waals surface area contributed by atoms with E-state index in [-0.39, 0.29) is 18.3 Å². The average Bonchev–Trinajstić information content (AvgIpc) is 2.67. The molecule has 140 valence electrons. The third-order valence-electron chi connectivity index (χ3n) is 4.32. The Hall–Kier alpha value is -3.67. The lowest BCUT2D eigenvalue weighted by Crippen LogP contribution is -2.07. The van der Waals surface area contributed by atoms with E-state index in [1.165, 1.54) is 19.1 Å². The minimum absolute atomic E-state index is 0.215. The van der Waals surface area contributed by atoms with Gasteiger partial charge in [-0.05, 0) is 42.0 Å². The van der Waals surface area contributed by atoms with Crippen molar-refractivity contribution in [2.45, 2.75) is 13.5 Å². The molecule has 0 atom stereocenters. The van der Waals surface area contributed by atoms with Gasteiger partial charge in [0, 0.05) is 29.4 Å². The zero-order chi connectivity index (χ0) is 19.7. The Kier molecular flexibility index (Phi) is 4.53.